The first kappa shape index (κ1) is 19.0. The van der Waals surface area contributed by atoms with Gasteiger partial charge in [0.15, 0.2) is 5.96 Å². The molecule has 5 heteroatoms. The number of nitrogens with two attached hydrogens (primary N) is 1. The maximum absolute atomic E-state index is 6.01. The molecule has 1 aliphatic rings. The van der Waals surface area contributed by atoms with Crippen molar-refractivity contribution in [2.24, 2.45) is 10.7 Å². The second-order valence-corrected chi connectivity index (χ2v) is 5.02. The van der Waals surface area contributed by atoms with Crippen LogP contribution in [0.25, 0.3) is 0 Å². The number of unbranched alkanes of at least 4 members (excludes halogenated alkanes) is 1. The molecule has 0 atom stereocenters. The van der Waals surface area contributed by atoms with Crippen LogP contribution in [0.15, 0.2) is 4.99 Å². The lowest BCUT2D eigenvalue weighted by molar-refractivity contribution is 0.297. The van der Waals surface area contributed by atoms with E-state index in [-0.39, 0.29) is 24.0 Å². The fourth-order valence-corrected chi connectivity index (χ4v) is 2.40. The van der Waals surface area contributed by atoms with Crippen LogP contribution >= 0.6 is 24.0 Å². The standard InChI is InChI=1S/C14H30N4.HI/c1-3-17(4-2)11-9-6-10-16-14(15)18-12-7-5-8-13-18;/h3-13H2,1-2H3,(H2,15,16);1H. The summed E-state index contributed by atoms with van der Waals surface area (Å²) < 4.78 is 0. The fourth-order valence-electron chi connectivity index (χ4n) is 2.40. The van der Waals surface area contributed by atoms with Gasteiger partial charge in [0.05, 0.1) is 0 Å². The van der Waals surface area contributed by atoms with E-state index in [1.807, 2.05) is 0 Å². The van der Waals surface area contributed by atoms with Crippen molar-refractivity contribution in [3.8, 4) is 0 Å². The Kier molecular flexibility index (Phi) is 11.7. The summed E-state index contributed by atoms with van der Waals surface area (Å²) in [4.78, 5) is 9.18. The van der Waals surface area contributed by atoms with Gasteiger partial charge in [0, 0.05) is 19.6 Å². The smallest absolute Gasteiger partial charge is 0.191 e. The van der Waals surface area contributed by atoms with Crippen LogP contribution < -0.4 is 5.73 Å². The Bertz CT molecular complexity index is 236. The van der Waals surface area contributed by atoms with Gasteiger partial charge in [-0.2, -0.15) is 0 Å². The summed E-state index contributed by atoms with van der Waals surface area (Å²) in [5, 5.41) is 0. The van der Waals surface area contributed by atoms with Crippen LogP contribution in [0.2, 0.25) is 0 Å². The van der Waals surface area contributed by atoms with Crippen molar-refractivity contribution in [2.75, 3.05) is 39.3 Å². The van der Waals surface area contributed by atoms with Crippen LogP contribution in [-0.4, -0.2) is 55.0 Å². The topological polar surface area (TPSA) is 44.9 Å². The van der Waals surface area contributed by atoms with Gasteiger partial charge in [-0.1, -0.05) is 13.8 Å². The number of aliphatic imine (C=N–C) groups is 1. The Morgan fingerprint density at radius 1 is 1.11 bits per heavy atom. The highest BCUT2D eigenvalue weighted by molar-refractivity contribution is 14.0. The third-order valence-corrected chi connectivity index (χ3v) is 3.73. The first-order chi connectivity index (χ1) is 8.77. The number of piperidine rings is 1. The predicted octanol–water partition coefficient (Wildman–Crippen LogP) is 2.53. The van der Waals surface area contributed by atoms with Gasteiger partial charge in [-0.15, -0.1) is 24.0 Å². The summed E-state index contributed by atoms with van der Waals surface area (Å²) in [5.41, 5.74) is 6.01. The zero-order valence-electron chi connectivity index (χ0n) is 12.6. The number of rotatable bonds is 7. The molecule has 114 valence electrons. The molecule has 1 aliphatic heterocycles. The van der Waals surface area contributed by atoms with Crippen LogP contribution in [0.5, 0.6) is 0 Å². The molecule has 2 N–H and O–H groups in total. The lowest BCUT2D eigenvalue weighted by atomic mass is 10.1. The molecule has 0 radical (unpaired) electrons. The van der Waals surface area contributed by atoms with E-state index in [4.69, 9.17) is 5.73 Å². The van der Waals surface area contributed by atoms with Crippen molar-refractivity contribution in [1.29, 1.82) is 0 Å². The van der Waals surface area contributed by atoms with Crippen LogP contribution in [-0.2, 0) is 0 Å². The molecular formula is C14H31IN4. The minimum Gasteiger partial charge on any atom is -0.370 e. The second kappa shape index (κ2) is 11.8. The summed E-state index contributed by atoms with van der Waals surface area (Å²) in [6, 6.07) is 0. The highest BCUT2D eigenvalue weighted by Crippen LogP contribution is 2.07. The molecule has 0 unspecified atom stereocenters. The zero-order valence-corrected chi connectivity index (χ0v) is 14.9. The average Bonchev–Trinajstić information content (AvgIpc) is 2.43. The van der Waals surface area contributed by atoms with E-state index < -0.39 is 0 Å². The first-order valence-electron chi connectivity index (χ1n) is 7.55. The molecular weight excluding hydrogens is 351 g/mol. The van der Waals surface area contributed by atoms with Gasteiger partial charge in [0.2, 0.25) is 0 Å². The van der Waals surface area contributed by atoms with Crippen LogP contribution in [0.1, 0.15) is 46.0 Å². The molecule has 1 saturated heterocycles. The van der Waals surface area contributed by atoms with Crippen LogP contribution in [0, 0.1) is 0 Å². The molecule has 1 rings (SSSR count). The van der Waals surface area contributed by atoms with Crippen molar-refractivity contribution in [1.82, 2.24) is 9.80 Å². The lowest BCUT2D eigenvalue weighted by Crippen LogP contribution is -2.40. The number of hydrogen-bond acceptors (Lipinski definition) is 2. The summed E-state index contributed by atoms with van der Waals surface area (Å²) in [6.07, 6.45) is 6.23. The van der Waals surface area contributed by atoms with Gasteiger partial charge in [0.25, 0.3) is 0 Å². The molecule has 4 nitrogen and oxygen atoms in total. The normalized spacial score (nSPS) is 16.6. The molecule has 0 aliphatic carbocycles. The van der Waals surface area contributed by atoms with Crippen molar-refractivity contribution >= 4 is 29.9 Å². The minimum atomic E-state index is 0. The Labute approximate surface area is 135 Å². The van der Waals surface area contributed by atoms with E-state index in [0.717, 1.165) is 45.1 Å². The number of hydrogen-bond donors (Lipinski definition) is 1. The van der Waals surface area contributed by atoms with Gasteiger partial charge >= 0.3 is 0 Å². The Balaban J connectivity index is 0.00000324. The number of nitrogens with zero attached hydrogens (tertiary/aromatic N) is 3. The second-order valence-electron chi connectivity index (χ2n) is 5.02. The maximum atomic E-state index is 6.01. The van der Waals surface area contributed by atoms with Crippen LogP contribution in [0.4, 0.5) is 0 Å². The summed E-state index contributed by atoms with van der Waals surface area (Å²) in [7, 11) is 0. The molecule has 0 aromatic carbocycles. The van der Waals surface area contributed by atoms with E-state index in [9.17, 15) is 0 Å². The van der Waals surface area contributed by atoms with Gasteiger partial charge < -0.3 is 15.5 Å². The molecule has 0 bridgehead atoms. The molecule has 0 aromatic rings. The minimum absolute atomic E-state index is 0. The molecule has 0 amide bonds. The third kappa shape index (κ3) is 7.97. The highest BCUT2D eigenvalue weighted by atomic mass is 127. The molecule has 0 spiro atoms. The lowest BCUT2D eigenvalue weighted by Gasteiger charge is -2.27. The van der Waals surface area contributed by atoms with Gasteiger partial charge in [-0.25, -0.2) is 0 Å². The fraction of sp³-hybridized carbons (Fsp3) is 0.929. The van der Waals surface area contributed by atoms with E-state index in [2.05, 4.69) is 28.6 Å². The Hall–Kier alpha value is -0.0400. The van der Waals surface area contributed by atoms with Gasteiger partial charge in [0.1, 0.15) is 0 Å². The zero-order chi connectivity index (χ0) is 13.2. The number of likely N-dealkylation sites (tertiary alicyclic amines) is 1. The Morgan fingerprint density at radius 3 is 2.32 bits per heavy atom. The summed E-state index contributed by atoms with van der Waals surface area (Å²) in [5.74, 6) is 0.762. The molecule has 1 heterocycles. The Morgan fingerprint density at radius 2 is 1.74 bits per heavy atom. The SMILES string of the molecule is CCN(CC)CCCCN=C(N)N1CCCCC1.I. The third-order valence-electron chi connectivity index (χ3n) is 3.73. The van der Waals surface area contributed by atoms with Crippen molar-refractivity contribution in [3.05, 3.63) is 0 Å². The summed E-state index contributed by atoms with van der Waals surface area (Å²) >= 11 is 0. The van der Waals surface area contributed by atoms with Crippen molar-refractivity contribution in [3.63, 3.8) is 0 Å². The predicted molar refractivity (Wildman–Crippen MR) is 94.4 cm³/mol. The average molecular weight is 382 g/mol. The largest absolute Gasteiger partial charge is 0.370 e. The summed E-state index contributed by atoms with van der Waals surface area (Å²) in [6.45, 7) is 11.0. The van der Waals surface area contributed by atoms with Crippen molar-refractivity contribution in [2.45, 2.75) is 46.0 Å². The first-order valence-corrected chi connectivity index (χ1v) is 7.55. The molecule has 19 heavy (non-hydrogen) atoms. The number of halogens is 1. The molecule has 1 fully saturated rings. The quantitative estimate of drug-likeness (QED) is 0.319. The van der Waals surface area contributed by atoms with E-state index >= 15 is 0 Å². The molecule has 0 saturated carbocycles. The van der Waals surface area contributed by atoms with E-state index in [0.29, 0.717) is 0 Å². The van der Waals surface area contributed by atoms with Gasteiger partial charge in [-0.3, -0.25) is 4.99 Å². The highest BCUT2D eigenvalue weighted by Gasteiger charge is 2.11. The van der Waals surface area contributed by atoms with E-state index in [1.165, 1.54) is 32.2 Å². The number of guanidine groups is 1. The molecule has 0 aromatic heterocycles. The van der Waals surface area contributed by atoms with Gasteiger partial charge in [-0.05, 0) is 51.7 Å². The van der Waals surface area contributed by atoms with Crippen LogP contribution in [0.3, 0.4) is 0 Å². The van der Waals surface area contributed by atoms with E-state index in [1.54, 1.807) is 0 Å². The maximum Gasteiger partial charge on any atom is 0.191 e. The monoisotopic (exact) mass is 382 g/mol. The van der Waals surface area contributed by atoms with Crippen molar-refractivity contribution < 1.29 is 0 Å².